The fraction of sp³-hybridized carbons (Fsp3) is 0.667. The molecule has 114 valence electrons. The lowest BCUT2D eigenvalue weighted by Gasteiger charge is -2.21. The lowest BCUT2D eigenvalue weighted by atomic mass is 10.0. The second-order valence-corrected chi connectivity index (χ2v) is 4.88. The third kappa shape index (κ3) is 7.47. The molecule has 0 rings (SSSR count). The van der Waals surface area contributed by atoms with E-state index in [0.29, 0.717) is 12.7 Å². The number of hydrogen-bond donors (Lipinski definition) is 4. The number of aldehydes is 1. The molecule has 0 saturated carbocycles. The van der Waals surface area contributed by atoms with Crippen molar-refractivity contribution in [2.24, 2.45) is 17.4 Å². The summed E-state index contributed by atoms with van der Waals surface area (Å²) in [6.45, 7) is 3.64. The first-order chi connectivity index (χ1) is 9.27. The van der Waals surface area contributed by atoms with E-state index in [0.717, 1.165) is 0 Å². The molecule has 0 aromatic rings. The summed E-state index contributed by atoms with van der Waals surface area (Å²) in [7, 11) is 0. The monoisotopic (exact) mass is 286 g/mol. The Bertz CT molecular complexity index is 370. The molecule has 0 aromatic carbocycles. The maximum Gasteiger partial charge on any atom is 0.242 e. The van der Waals surface area contributed by atoms with Gasteiger partial charge in [-0.25, -0.2) is 0 Å². The van der Waals surface area contributed by atoms with Gasteiger partial charge in [0.15, 0.2) is 0 Å². The van der Waals surface area contributed by atoms with E-state index in [1.54, 1.807) is 0 Å². The van der Waals surface area contributed by atoms with E-state index in [1.807, 2.05) is 13.8 Å². The number of carbonyl (C=O) groups is 4. The summed E-state index contributed by atoms with van der Waals surface area (Å²) in [4.78, 5) is 44.5. The van der Waals surface area contributed by atoms with Crippen LogP contribution in [0.15, 0.2) is 0 Å². The number of amides is 3. The summed E-state index contributed by atoms with van der Waals surface area (Å²) >= 11 is 0. The number of primary amides is 1. The predicted octanol–water partition coefficient (Wildman–Crippen LogP) is -1.96. The fourth-order valence-electron chi connectivity index (χ4n) is 1.56. The quantitative estimate of drug-likeness (QED) is 0.363. The molecule has 3 amide bonds. The van der Waals surface area contributed by atoms with Gasteiger partial charge in [0.25, 0.3) is 0 Å². The van der Waals surface area contributed by atoms with Gasteiger partial charge in [-0.1, -0.05) is 13.8 Å². The van der Waals surface area contributed by atoms with E-state index in [2.05, 4.69) is 10.6 Å². The van der Waals surface area contributed by atoms with Crippen LogP contribution in [-0.2, 0) is 19.2 Å². The molecular formula is C12H22N4O4. The van der Waals surface area contributed by atoms with Crippen molar-refractivity contribution in [3.63, 3.8) is 0 Å². The molecule has 0 radical (unpaired) electrons. The molecule has 0 unspecified atom stereocenters. The van der Waals surface area contributed by atoms with Gasteiger partial charge in [-0.05, 0) is 12.3 Å². The zero-order valence-electron chi connectivity index (χ0n) is 11.7. The summed E-state index contributed by atoms with van der Waals surface area (Å²) < 4.78 is 0. The van der Waals surface area contributed by atoms with Gasteiger partial charge in [0, 0.05) is 0 Å². The van der Waals surface area contributed by atoms with E-state index in [1.165, 1.54) is 0 Å². The Kier molecular flexibility index (Phi) is 8.14. The van der Waals surface area contributed by atoms with E-state index in [-0.39, 0.29) is 18.9 Å². The molecule has 0 aliphatic rings. The van der Waals surface area contributed by atoms with Crippen LogP contribution >= 0.6 is 0 Å². The standard InChI is InChI=1S/C12H22N4O4/c1-7(2)5-9(12(20)15-3-4-17)16-11(19)8(13)6-10(14)18/h4,7-9H,3,5-6,13H2,1-2H3,(H2,14,18)(H,15,20)(H,16,19)/t8-,9-/m0/s1. The van der Waals surface area contributed by atoms with Gasteiger partial charge < -0.3 is 26.9 Å². The highest BCUT2D eigenvalue weighted by atomic mass is 16.2. The smallest absolute Gasteiger partial charge is 0.242 e. The van der Waals surface area contributed by atoms with Crippen molar-refractivity contribution in [3.8, 4) is 0 Å². The molecule has 0 fully saturated rings. The molecule has 8 nitrogen and oxygen atoms in total. The third-order valence-electron chi connectivity index (χ3n) is 2.46. The number of carbonyl (C=O) groups excluding carboxylic acids is 4. The molecule has 0 aliphatic heterocycles. The molecule has 0 bridgehead atoms. The van der Waals surface area contributed by atoms with Crippen LogP contribution in [0, 0.1) is 5.92 Å². The van der Waals surface area contributed by atoms with E-state index >= 15 is 0 Å². The second kappa shape index (κ2) is 9.03. The Balaban J connectivity index is 4.62. The van der Waals surface area contributed by atoms with Crippen molar-refractivity contribution in [2.75, 3.05) is 6.54 Å². The summed E-state index contributed by atoms with van der Waals surface area (Å²) in [5, 5.41) is 4.83. The van der Waals surface area contributed by atoms with E-state index in [9.17, 15) is 19.2 Å². The van der Waals surface area contributed by atoms with Gasteiger partial charge in [-0.2, -0.15) is 0 Å². The highest BCUT2D eigenvalue weighted by Gasteiger charge is 2.25. The van der Waals surface area contributed by atoms with Crippen molar-refractivity contribution in [3.05, 3.63) is 0 Å². The van der Waals surface area contributed by atoms with E-state index < -0.39 is 29.8 Å². The maximum absolute atomic E-state index is 11.8. The molecule has 0 aliphatic carbocycles. The summed E-state index contributed by atoms with van der Waals surface area (Å²) in [5.41, 5.74) is 10.4. The minimum Gasteiger partial charge on any atom is -0.370 e. The average molecular weight is 286 g/mol. The molecule has 0 spiro atoms. The van der Waals surface area contributed by atoms with Gasteiger partial charge in [0.05, 0.1) is 19.0 Å². The molecule has 0 aromatic heterocycles. The maximum atomic E-state index is 11.8. The average Bonchev–Trinajstić information content (AvgIpc) is 2.33. The highest BCUT2D eigenvalue weighted by Crippen LogP contribution is 2.05. The van der Waals surface area contributed by atoms with Crippen LogP contribution in [0.2, 0.25) is 0 Å². The predicted molar refractivity (Wildman–Crippen MR) is 72.2 cm³/mol. The summed E-state index contributed by atoms with van der Waals surface area (Å²) in [5.74, 6) is -1.64. The second-order valence-electron chi connectivity index (χ2n) is 4.88. The normalized spacial score (nSPS) is 13.4. The Morgan fingerprint density at radius 1 is 1.20 bits per heavy atom. The first-order valence-electron chi connectivity index (χ1n) is 6.33. The van der Waals surface area contributed by atoms with Gasteiger partial charge in [0.2, 0.25) is 17.7 Å². The Morgan fingerprint density at radius 2 is 1.80 bits per heavy atom. The van der Waals surface area contributed by atoms with Crippen LogP contribution in [0.4, 0.5) is 0 Å². The van der Waals surface area contributed by atoms with Crippen molar-refractivity contribution in [1.29, 1.82) is 0 Å². The Morgan fingerprint density at radius 3 is 2.25 bits per heavy atom. The highest BCUT2D eigenvalue weighted by molar-refractivity contribution is 5.92. The molecule has 2 atom stereocenters. The van der Waals surface area contributed by atoms with Crippen LogP contribution < -0.4 is 22.1 Å². The van der Waals surface area contributed by atoms with Crippen LogP contribution in [0.25, 0.3) is 0 Å². The summed E-state index contributed by atoms with van der Waals surface area (Å²) in [6.07, 6.45) is 0.640. The van der Waals surface area contributed by atoms with Crippen molar-refractivity contribution in [1.82, 2.24) is 10.6 Å². The van der Waals surface area contributed by atoms with Gasteiger partial charge in [-0.3, -0.25) is 14.4 Å². The topological polar surface area (TPSA) is 144 Å². The molecule has 0 heterocycles. The van der Waals surface area contributed by atoms with Crippen molar-refractivity contribution < 1.29 is 19.2 Å². The van der Waals surface area contributed by atoms with Gasteiger partial charge >= 0.3 is 0 Å². The zero-order chi connectivity index (χ0) is 15.7. The zero-order valence-corrected chi connectivity index (χ0v) is 11.7. The minimum absolute atomic E-state index is 0.128. The van der Waals surface area contributed by atoms with Crippen molar-refractivity contribution >= 4 is 24.0 Å². The molecular weight excluding hydrogens is 264 g/mol. The number of nitrogens with two attached hydrogens (primary N) is 2. The first kappa shape index (κ1) is 18.0. The molecule has 6 N–H and O–H groups in total. The van der Waals surface area contributed by atoms with E-state index in [4.69, 9.17) is 11.5 Å². The first-order valence-corrected chi connectivity index (χ1v) is 6.33. The lowest BCUT2D eigenvalue weighted by molar-refractivity contribution is -0.131. The SMILES string of the molecule is CC(C)C[C@H](NC(=O)[C@@H](N)CC(N)=O)C(=O)NCC=O. The summed E-state index contributed by atoms with van der Waals surface area (Å²) in [6, 6.07) is -1.90. The van der Waals surface area contributed by atoms with Crippen LogP contribution in [0.1, 0.15) is 26.7 Å². The van der Waals surface area contributed by atoms with Gasteiger partial charge in [-0.15, -0.1) is 0 Å². The van der Waals surface area contributed by atoms with Crippen molar-refractivity contribution in [2.45, 2.75) is 38.8 Å². The van der Waals surface area contributed by atoms with Crippen LogP contribution in [-0.4, -0.2) is 42.6 Å². The number of nitrogens with one attached hydrogen (secondary N) is 2. The lowest BCUT2D eigenvalue weighted by Crippen LogP contribution is -2.52. The molecule has 8 heteroatoms. The number of hydrogen-bond acceptors (Lipinski definition) is 5. The fourth-order valence-corrected chi connectivity index (χ4v) is 1.56. The minimum atomic E-state index is -1.10. The van der Waals surface area contributed by atoms with Crippen LogP contribution in [0.3, 0.4) is 0 Å². The Labute approximate surface area is 117 Å². The van der Waals surface area contributed by atoms with Gasteiger partial charge in [0.1, 0.15) is 12.3 Å². The molecule has 0 saturated heterocycles. The number of rotatable bonds is 9. The third-order valence-corrected chi connectivity index (χ3v) is 2.46. The molecule has 20 heavy (non-hydrogen) atoms. The largest absolute Gasteiger partial charge is 0.370 e. The Hall–Kier alpha value is -1.96. The van der Waals surface area contributed by atoms with Crippen LogP contribution in [0.5, 0.6) is 0 Å².